The summed E-state index contributed by atoms with van der Waals surface area (Å²) < 4.78 is 36.6. The molecular formula is C12H14F2O3. The molecule has 0 saturated heterocycles. The number of benzene rings is 1. The minimum atomic E-state index is -3.63. The molecule has 0 aromatic heterocycles. The highest BCUT2D eigenvalue weighted by atomic mass is 19.3. The zero-order valence-corrected chi connectivity index (χ0v) is 9.92. The van der Waals surface area contributed by atoms with Crippen molar-refractivity contribution in [2.75, 3.05) is 13.7 Å². The maximum Gasteiger partial charge on any atom is 0.381 e. The molecule has 0 aliphatic rings. The third-order valence-corrected chi connectivity index (χ3v) is 2.29. The monoisotopic (exact) mass is 244 g/mol. The van der Waals surface area contributed by atoms with E-state index >= 15 is 0 Å². The average Bonchev–Trinajstić information content (AvgIpc) is 2.29. The topological polar surface area (TPSA) is 35.5 Å². The molecule has 0 heterocycles. The largest absolute Gasteiger partial charge is 0.496 e. The van der Waals surface area contributed by atoms with Crippen LogP contribution < -0.4 is 4.74 Å². The van der Waals surface area contributed by atoms with E-state index in [-0.39, 0.29) is 6.61 Å². The molecule has 0 amide bonds. The molecule has 0 fully saturated rings. The van der Waals surface area contributed by atoms with Gasteiger partial charge in [-0.25, -0.2) is 4.79 Å². The van der Waals surface area contributed by atoms with E-state index in [0.717, 1.165) is 6.07 Å². The van der Waals surface area contributed by atoms with Gasteiger partial charge >= 0.3 is 11.9 Å². The molecule has 94 valence electrons. The summed E-state index contributed by atoms with van der Waals surface area (Å²) in [6, 6.07) is 3.77. The summed E-state index contributed by atoms with van der Waals surface area (Å²) in [4.78, 5) is 11.1. The molecule has 0 radical (unpaired) electrons. The van der Waals surface area contributed by atoms with Crippen LogP contribution in [0.4, 0.5) is 8.78 Å². The highest BCUT2D eigenvalue weighted by Gasteiger charge is 2.42. The molecule has 0 aliphatic heterocycles. The van der Waals surface area contributed by atoms with Gasteiger partial charge < -0.3 is 9.47 Å². The summed E-state index contributed by atoms with van der Waals surface area (Å²) in [5.74, 6) is -4.68. The Morgan fingerprint density at radius 1 is 1.41 bits per heavy atom. The molecule has 0 saturated carbocycles. The lowest BCUT2D eigenvalue weighted by atomic mass is 10.1. The molecule has 0 unspecified atom stereocenters. The number of esters is 1. The average molecular weight is 244 g/mol. The van der Waals surface area contributed by atoms with E-state index in [1.165, 1.54) is 26.2 Å². The lowest BCUT2D eigenvalue weighted by molar-refractivity contribution is -0.173. The number of methoxy groups -OCH3 is 1. The van der Waals surface area contributed by atoms with Crippen molar-refractivity contribution < 1.29 is 23.0 Å². The Morgan fingerprint density at radius 2 is 2.06 bits per heavy atom. The van der Waals surface area contributed by atoms with Gasteiger partial charge in [0.25, 0.3) is 0 Å². The molecule has 1 aromatic carbocycles. The zero-order chi connectivity index (χ0) is 13.1. The van der Waals surface area contributed by atoms with Gasteiger partial charge in [-0.2, -0.15) is 8.78 Å². The van der Waals surface area contributed by atoms with Crippen molar-refractivity contribution in [3.63, 3.8) is 0 Å². The molecule has 1 aromatic rings. The Kier molecular flexibility index (Phi) is 4.04. The molecule has 0 N–H and O–H groups in total. The number of halogens is 2. The summed E-state index contributed by atoms with van der Waals surface area (Å²) >= 11 is 0. The van der Waals surface area contributed by atoms with Gasteiger partial charge in [0.2, 0.25) is 0 Å². The molecule has 0 bridgehead atoms. The van der Waals surface area contributed by atoms with Crippen LogP contribution in [0.15, 0.2) is 18.2 Å². The fourth-order valence-electron chi connectivity index (χ4n) is 1.41. The van der Waals surface area contributed by atoms with Crippen molar-refractivity contribution in [3.8, 4) is 5.75 Å². The van der Waals surface area contributed by atoms with Gasteiger partial charge in [-0.3, -0.25) is 0 Å². The summed E-state index contributed by atoms with van der Waals surface area (Å²) in [6.07, 6.45) is 0. The second kappa shape index (κ2) is 5.12. The van der Waals surface area contributed by atoms with Crippen LogP contribution in [0.2, 0.25) is 0 Å². The van der Waals surface area contributed by atoms with Gasteiger partial charge in [-0.1, -0.05) is 0 Å². The fourth-order valence-corrected chi connectivity index (χ4v) is 1.41. The zero-order valence-electron chi connectivity index (χ0n) is 9.92. The molecule has 0 aliphatic carbocycles. The maximum atomic E-state index is 13.6. The van der Waals surface area contributed by atoms with Crippen molar-refractivity contribution in [2.24, 2.45) is 0 Å². The number of alkyl halides is 2. The molecule has 1 rings (SSSR count). The smallest absolute Gasteiger partial charge is 0.381 e. The first-order valence-electron chi connectivity index (χ1n) is 5.13. The number of aryl methyl sites for hydroxylation is 1. The summed E-state index contributed by atoms with van der Waals surface area (Å²) in [5.41, 5.74) is 0.142. The van der Waals surface area contributed by atoms with Crippen LogP contribution >= 0.6 is 0 Å². The van der Waals surface area contributed by atoms with E-state index in [2.05, 4.69) is 4.74 Å². The molecular weight excluding hydrogens is 230 g/mol. The molecule has 0 spiro atoms. The van der Waals surface area contributed by atoms with Crippen LogP contribution in [0.5, 0.6) is 5.75 Å². The van der Waals surface area contributed by atoms with Crippen molar-refractivity contribution in [3.05, 3.63) is 29.3 Å². The van der Waals surface area contributed by atoms with Gasteiger partial charge in [0.1, 0.15) is 5.75 Å². The molecule has 17 heavy (non-hydrogen) atoms. The van der Waals surface area contributed by atoms with Crippen molar-refractivity contribution in [1.82, 2.24) is 0 Å². The van der Waals surface area contributed by atoms with Crippen molar-refractivity contribution in [2.45, 2.75) is 19.8 Å². The van der Waals surface area contributed by atoms with Crippen LogP contribution in [0.25, 0.3) is 0 Å². The Morgan fingerprint density at radius 3 is 2.53 bits per heavy atom. The maximum absolute atomic E-state index is 13.6. The number of hydrogen-bond acceptors (Lipinski definition) is 3. The second-order valence-electron chi connectivity index (χ2n) is 3.48. The van der Waals surface area contributed by atoms with Gasteiger partial charge in [0.15, 0.2) is 0 Å². The van der Waals surface area contributed by atoms with Crippen LogP contribution in [0.1, 0.15) is 18.1 Å². The number of hydrogen-bond donors (Lipinski definition) is 0. The Balaban J connectivity index is 3.07. The minimum Gasteiger partial charge on any atom is -0.496 e. The van der Waals surface area contributed by atoms with Gasteiger partial charge in [-0.15, -0.1) is 0 Å². The number of ether oxygens (including phenoxy) is 2. The predicted octanol–water partition coefficient (Wildman–Crippen LogP) is 2.66. The number of carbonyl (C=O) groups excluding carboxylic acids is 1. The molecule has 0 atom stereocenters. The van der Waals surface area contributed by atoms with E-state index in [0.29, 0.717) is 11.3 Å². The molecule has 3 nitrogen and oxygen atoms in total. The van der Waals surface area contributed by atoms with Gasteiger partial charge in [0, 0.05) is 5.56 Å². The molecule has 5 heteroatoms. The fraction of sp³-hybridized carbons (Fsp3) is 0.417. The quantitative estimate of drug-likeness (QED) is 0.764. The SMILES string of the molecule is CCOC(=O)C(F)(F)c1ccc(OC)c(C)c1. The summed E-state index contributed by atoms with van der Waals surface area (Å²) in [5, 5.41) is 0. The normalized spacial score (nSPS) is 11.1. The first-order valence-corrected chi connectivity index (χ1v) is 5.13. The van der Waals surface area contributed by atoms with E-state index in [4.69, 9.17) is 4.74 Å². The third-order valence-electron chi connectivity index (χ3n) is 2.29. The van der Waals surface area contributed by atoms with Crippen LogP contribution in [0, 0.1) is 6.92 Å². The van der Waals surface area contributed by atoms with E-state index in [1.807, 2.05) is 0 Å². The summed E-state index contributed by atoms with van der Waals surface area (Å²) in [6.45, 7) is 3.03. The number of rotatable bonds is 4. The lowest BCUT2D eigenvalue weighted by Crippen LogP contribution is -2.28. The van der Waals surface area contributed by atoms with Crippen molar-refractivity contribution >= 4 is 5.97 Å². The second-order valence-corrected chi connectivity index (χ2v) is 3.48. The standard InChI is InChI=1S/C12H14F2O3/c1-4-17-11(15)12(13,14)9-5-6-10(16-3)8(2)7-9/h5-7H,4H2,1-3H3. The highest BCUT2D eigenvalue weighted by Crippen LogP contribution is 2.32. The number of carbonyl (C=O) groups is 1. The van der Waals surface area contributed by atoms with Crippen LogP contribution in [-0.4, -0.2) is 19.7 Å². The predicted molar refractivity (Wildman–Crippen MR) is 58.3 cm³/mol. The third kappa shape index (κ3) is 2.72. The van der Waals surface area contributed by atoms with E-state index < -0.39 is 17.5 Å². The Labute approximate surface area is 98.3 Å². The minimum absolute atomic E-state index is 0.0798. The van der Waals surface area contributed by atoms with E-state index in [1.54, 1.807) is 6.92 Å². The van der Waals surface area contributed by atoms with Crippen LogP contribution in [-0.2, 0) is 15.5 Å². The van der Waals surface area contributed by atoms with Crippen molar-refractivity contribution in [1.29, 1.82) is 0 Å². The highest BCUT2D eigenvalue weighted by molar-refractivity contribution is 5.79. The van der Waals surface area contributed by atoms with Gasteiger partial charge in [-0.05, 0) is 37.6 Å². The van der Waals surface area contributed by atoms with Crippen LogP contribution in [0.3, 0.4) is 0 Å². The Bertz CT molecular complexity index is 416. The summed E-state index contributed by atoms with van der Waals surface area (Å²) in [7, 11) is 1.45. The first-order chi connectivity index (χ1) is 7.93. The lowest BCUT2D eigenvalue weighted by Gasteiger charge is -2.16. The van der Waals surface area contributed by atoms with Gasteiger partial charge in [0.05, 0.1) is 13.7 Å². The Hall–Kier alpha value is -1.65. The first kappa shape index (κ1) is 13.4. The van der Waals surface area contributed by atoms with E-state index in [9.17, 15) is 13.6 Å².